The molecule has 6 heteroatoms. The molecule has 0 aromatic rings. The first-order chi connectivity index (χ1) is 8.66. The van der Waals surface area contributed by atoms with Crippen LogP contribution in [-0.2, 0) is 9.53 Å². The van der Waals surface area contributed by atoms with Gasteiger partial charge in [-0.25, -0.2) is 4.79 Å². The Labute approximate surface area is 106 Å². The quantitative estimate of drug-likeness (QED) is 0.589. The topological polar surface area (TPSA) is 87.7 Å². The first-order valence-electron chi connectivity index (χ1n) is 6.57. The SMILES string of the molecule is O=C(O)CCCCCCC1OCC2NC(=O)NC21. The molecule has 0 aromatic heterocycles. The van der Waals surface area contributed by atoms with Crippen molar-refractivity contribution >= 4 is 12.0 Å². The van der Waals surface area contributed by atoms with E-state index < -0.39 is 5.97 Å². The van der Waals surface area contributed by atoms with Crippen molar-refractivity contribution in [1.82, 2.24) is 10.6 Å². The number of ether oxygens (including phenoxy) is 1. The Balaban J connectivity index is 1.57. The fourth-order valence-electron chi connectivity index (χ4n) is 2.62. The predicted octanol–water partition coefficient (Wildman–Crippen LogP) is 0.860. The number of rotatable bonds is 7. The number of nitrogens with one attached hydrogen (secondary N) is 2. The van der Waals surface area contributed by atoms with Gasteiger partial charge in [-0.15, -0.1) is 0 Å². The van der Waals surface area contributed by atoms with Crippen molar-refractivity contribution in [3.05, 3.63) is 0 Å². The summed E-state index contributed by atoms with van der Waals surface area (Å²) in [6.07, 6.45) is 5.01. The summed E-state index contributed by atoms with van der Waals surface area (Å²) in [6.45, 7) is 0.590. The van der Waals surface area contributed by atoms with Gasteiger partial charge in [-0.2, -0.15) is 0 Å². The molecule has 2 fully saturated rings. The van der Waals surface area contributed by atoms with Crippen LogP contribution in [0, 0.1) is 0 Å². The van der Waals surface area contributed by atoms with Crippen molar-refractivity contribution in [2.75, 3.05) is 6.61 Å². The second kappa shape index (κ2) is 6.04. The molecule has 102 valence electrons. The van der Waals surface area contributed by atoms with Gasteiger partial charge in [-0.3, -0.25) is 4.79 Å². The van der Waals surface area contributed by atoms with Gasteiger partial charge in [0.05, 0.1) is 24.8 Å². The van der Waals surface area contributed by atoms with Crippen molar-refractivity contribution in [3.63, 3.8) is 0 Å². The number of hydrogen-bond acceptors (Lipinski definition) is 3. The molecule has 0 aromatic carbocycles. The lowest BCUT2D eigenvalue weighted by atomic mass is 10.0. The normalized spacial score (nSPS) is 29.8. The Morgan fingerprint density at radius 2 is 2.06 bits per heavy atom. The van der Waals surface area contributed by atoms with Crippen LogP contribution in [0.1, 0.15) is 38.5 Å². The number of carbonyl (C=O) groups is 2. The van der Waals surface area contributed by atoms with E-state index in [4.69, 9.17) is 9.84 Å². The number of carboxylic acid groups (broad SMARTS) is 1. The van der Waals surface area contributed by atoms with Gasteiger partial charge in [0, 0.05) is 6.42 Å². The average Bonchev–Trinajstić information content (AvgIpc) is 2.83. The summed E-state index contributed by atoms with van der Waals surface area (Å²) in [4.78, 5) is 21.5. The van der Waals surface area contributed by atoms with E-state index in [9.17, 15) is 9.59 Å². The Bertz CT molecular complexity index is 321. The summed E-state index contributed by atoms with van der Waals surface area (Å²) in [6, 6.07) is 0.130. The molecule has 0 radical (unpaired) electrons. The van der Waals surface area contributed by atoms with Gasteiger partial charge in [-0.1, -0.05) is 19.3 Å². The molecule has 3 N–H and O–H groups in total. The number of hydrogen-bond donors (Lipinski definition) is 3. The van der Waals surface area contributed by atoms with Gasteiger partial charge < -0.3 is 20.5 Å². The van der Waals surface area contributed by atoms with Crippen LogP contribution < -0.4 is 10.6 Å². The summed E-state index contributed by atoms with van der Waals surface area (Å²) in [5.41, 5.74) is 0. The minimum Gasteiger partial charge on any atom is -0.481 e. The number of aliphatic carboxylic acids is 1. The van der Waals surface area contributed by atoms with Crippen LogP contribution in [0.5, 0.6) is 0 Å². The van der Waals surface area contributed by atoms with Gasteiger partial charge in [0.15, 0.2) is 0 Å². The monoisotopic (exact) mass is 256 g/mol. The third kappa shape index (κ3) is 3.35. The molecule has 2 aliphatic heterocycles. The molecular weight excluding hydrogens is 236 g/mol. The highest BCUT2D eigenvalue weighted by Gasteiger charge is 2.42. The first-order valence-corrected chi connectivity index (χ1v) is 6.57. The summed E-state index contributed by atoms with van der Waals surface area (Å²) in [7, 11) is 0. The second-order valence-corrected chi connectivity index (χ2v) is 4.97. The highest BCUT2D eigenvalue weighted by molar-refractivity contribution is 5.77. The van der Waals surface area contributed by atoms with E-state index in [1.807, 2.05) is 0 Å². The van der Waals surface area contributed by atoms with Gasteiger partial charge in [-0.05, 0) is 12.8 Å². The van der Waals surface area contributed by atoms with E-state index in [1.165, 1.54) is 0 Å². The van der Waals surface area contributed by atoms with Crippen LogP contribution >= 0.6 is 0 Å². The smallest absolute Gasteiger partial charge is 0.315 e. The molecule has 3 atom stereocenters. The number of carbonyl (C=O) groups excluding carboxylic acids is 1. The molecule has 0 saturated carbocycles. The van der Waals surface area contributed by atoms with E-state index in [0.29, 0.717) is 6.61 Å². The van der Waals surface area contributed by atoms with E-state index in [0.717, 1.165) is 32.1 Å². The van der Waals surface area contributed by atoms with E-state index in [1.54, 1.807) is 0 Å². The van der Waals surface area contributed by atoms with Crippen LogP contribution in [0.4, 0.5) is 4.79 Å². The molecular formula is C12H20N2O4. The number of urea groups is 1. The number of carboxylic acids is 1. The fraction of sp³-hybridized carbons (Fsp3) is 0.833. The van der Waals surface area contributed by atoms with Gasteiger partial charge in [0.1, 0.15) is 0 Å². The van der Waals surface area contributed by atoms with Gasteiger partial charge in [0.2, 0.25) is 0 Å². The lowest BCUT2D eigenvalue weighted by Gasteiger charge is -2.15. The number of fused-ring (bicyclic) bond motifs is 1. The second-order valence-electron chi connectivity index (χ2n) is 4.97. The molecule has 2 saturated heterocycles. The van der Waals surface area contributed by atoms with Crippen LogP contribution in [0.3, 0.4) is 0 Å². The average molecular weight is 256 g/mol. The summed E-state index contributed by atoms with van der Waals surface area (Å²) in [5, 5.41) is 14.2. The Morgan fingerprint density at radius 3 is 2.83 bits per heavy atom. The zero-order valence-corrected chi connectivity index (χ0v) is 10.4. The van der Waals surface area contributed by atoms with Crippen LogP contribution in [0.15, 0.2) is 0 Å². The minimum absolute atomic E-state index is 0.0974. The highest BCUT2D eigenvalue weighted by Crippen LogP contribution is 2.22. The van der Waals surface area contributed by atoms with Crippen molar-refractivity contribution in [1.29, 1.82) is 0 Å². The molecule has 2 aliphatic rings. The standard InChI is InChI=1S/C12H20N2O4/c15-10(16)6-4-2-1-3-5-9-11-8(7-18-9)13-12(17)14-11/h8-9,11H,1-7H2,(H,15,16)(H2,13,14,17). The highest BCUT2D eigenvalue weighted by atomic mass is 16.5. The van der Waals surface area contributed by atoms with Crippen LogP contribution in [-0.4, -0.2) is 41.9 Å². The van der Waals surface area contributed by atoms with Gasteiger partial charge in [0.25, 0.3) is 0 Å². The molecule has 2 heterocycles. The summed E-state index contributed by atoms with van der Waals surface area (Å²) < 4.78 is 5.64. The largest absolute Gasteiger partial charge is 0.481 e. The zero-order chi connectivity index (χ0) is 13.0. The maximum atomic E-state index is 11.1. The first kappa shape index (κ1) is 13.1. The molecule has 3 unspecified atom stereocenters. The van der Waals surface area contributed by atoms with Crippen molar-refractivity contribution < 1.29 is 19.4 Å². The van der Waals surface area contributed by atoms with Crippen LogP contribution in [0.25, 0.3) is 0 Å². The molecule has 0 aliphatic carbocycles. The number of unbranched alkanes of at least 4 members (excludes halogenated alkanes) is 3. The minimum atomic E-state index is -0.725. The Kier molecular flexibility index (Phi) is 4.41. The van der Waals surface area contributed by atoms with Crippen molar-refractivity contribution in [2.45, 2.75) is 56.7 Å². The molecule has 18 heavy (non-hydrogen) atoms. The maximum absolute atomic E-state index is 11.1. The molecule has 0 spiro atoms. The Hall–Kier alpha value is -1.30. The number of amides is 2. The molecule has 6 nitrogen and oxygen atoms in total. The van der Waals surface area contributed by atoms with Crippen molar-refractivity contribution in [2.24, 2.45) is 0 Å². The van der Waals surface area contributed by atoms with E-state index >= 15 is 0 Å². The Morgan fingerprint density at radius 1 is 1.28 bits per heavy atom. The maximum Gasteiger partial charge on any atom is 0.315 e. The van der Waals surface area contributed by atoms with E-state index in [2.05, 4.69) is 10.6 Å². The predicted molar refractivity (Wildman–Crippen MR) is 64.3 cm³/mol. The molecule has 0 bridgehead atoms. The third-order valence-corrected chi connectivity index (χ3v) is 3.57. The fourth-order valence-corrected chi connectivity index (χ4v) is 2.62. The van der Waals surface area contributed by atoms with E-state index in [-0.39, 0.29) is 30.6 Å². The summed E-state index contributed by atoms with van der Waals surface area (Å²) in [5.74, 6) is -0.725. The molecule has 2 amide bonds. The van der Waals surface area contributed by atoms with Crippen molar-refractivity contribution in [3.8, 4) is 0 Å². The van der Waals surface area contributed by atoms with Gasteiger partial charge >= 0.3 is 12.0 Å². The zero-order valence-electron chi connectivity index (χ0n) is 10.4. The lowest BCUT2D eigenvalue weighted by Crippen LogP contribution is -2.37. The summed E-state index contributed by atoms with van der Waals surface area (Å²) >= 11 is 0. The van der Waals surface area contributed by atoms with Crippen LogP contribution in [0.2, 0.25) is 0 Å². The lowest BCUT2D eigenvalue weighted by molar-refractivity contribution is -0.137. The third-order valence-electron chi connectivity index (χ3n) is 3.57. The molecule has 2 rings (SSSR count).